The van der Waals surface area contributed by atoms with Crippen LogP contribution in [0, 0.1) is 6.92 Å². The van der Waals surface area contributed by atoms with E-state index < -0.39 is 0 Å². The molecular formula is C23H27N3. The first-order valence-electron chi connectivity index (χ1n) is 9.87. The molecule has 2 bridgehead atoms. The van der Waals surface area contributed by atoms with Crippen molar-refractivity contribution in [2.45, 2.75) is 57.7 Å². The maximum Gasteiger partial charge on any atom is 0.0486 e. The minimum atomic E-state index is 0.460. The second-order valence-corrected chi connectivity index (χ2v) is 8.30. The highest BCUT2D eigenvalue weighted by molar-refractivity contribution is 5.87. The molecule has 2 aliphatic heterocycles. The van der Waals surface area contributed by atoms with Crippen molar-refractivity contribution in [2.75, 3.05) is 7.05 Å². The average Bonchev–Trinajstić information content (AvgIpc) is 3.06. The van der Waals surface area contributed by atoms with Crippen molar-refractivity contribution >= 4 is 10.9 Å². The third-order valence-corrected chi connectivity index (χ3v) is 6.68. The van der Waals surface area contributed by atoms with Crippen LogP contribution in [0.2, 0.25) is 0 Å². The molecule has 2 aliphatic rings. The molecule has 3 atom stereocenters. The van der Waals surface area contributed by atoms with Gasteiger partial charge in [0.15, 0.2) is 0 Å². The zero-order valence-corrected chi connectivity index (χ0v) is 15.9. The van der Waals surface area contributed by atoms with Crippen LogP contribution in [0.3, 0.4) is 0 Å². The summed E-state index contributed by atoms with van der Waals surface area (Å²) < 4.78 is 2.63. The molecule has 3 unspecified atom stereocenters. The van der Waals surface area contributed by atoms with Gasteiger partial charge < -0.3 is 4.57 Å². The van der Waals surface area contributed by atoms with Gasteiger partial charge in [0, 0.05) is 60.0 Å². The fourth-order valence-electron chi connectivity index (χ4n) is 5.22. The molecule has 134 valence electrons. The first kappa shape index (κ1) is 16.1. The lowest BCUT2D eigenvalue weighted by molar-refractivity contribution is 0.221. The highest BCUT2D eigenvalue weighted by Gasteiger charge is 2.40. The van der Waals surface area contributed by atoms with Crippen molar-refractivity contribution < 1.29 is 0 Å². The predicted molar refractivity (Wildman–Crippen MR) is 107 cm³/mol. The van der Waals surface area contributed by atoms with Crippen LogP contribution in [0.1, 0.15) is 54.1 Å². The van der Waals surface area contributed by atoms with Gasteiger partial charge in [-0.15, -0.1) is 0 Å². The Morgan fingerprint density at radius 3 is 2.92 bits per heavy atom. The molecular weight excluding hydrogens is 318 g/mol. The second kappa shape index (κ2) is 5.95. The molecule has 0 N–H and O–H groups in total. The molecule has 0 spiro atoms. The second-order valence-electron chi connectivity index (χ2n) is 8.30. The Morgan fingerprint density at radius 2 is 2.12 bits per heavy atom. The fourth-order valence-corrected chi connectivity index (χ4v) is 5.22. The van der Waals surface area contributed by atoms with E-state index in [1.165, 1.54) is 41.3 Å². The molecule has 1 saturated heterocycles. The molecule has 4 heterocycles. The minimum Gasteiger partial charge on any atom is -0.344 e. The van der Waals surface area contributed by atoms with E-state index in [4.69, 9.17) is 0 Å². The summed E-state index contributed by atoms with van der Waals surface area (Å²) in [5.41, 5.74) is 7.30. The lowest BCUT2D eigenvalue weighted by atomic mass is 9.96. The Morgan fingerprint density at radius 1 is 1.23 bits per heavy atom. The van der Waals surface area contributed by atoms with Crippen LogP contribution in [-0.2, 0) is 13.0 Å². The van der Waals surface area contributed by atoms with E-state index in [-0.39, 0.29) is 0 Å². The Balaban J connectivity index is 1.65. The van der Waals surface area contributed by atoms with Gasteiger partial charge in [0.2, 0.25) is 0 Å². The number of hydrogen-bond acceptors (Lipinski definition) is 2. The Bertz CT molecular complexity index is 956. The topological polar surface area (TPSA) is 21.1 Å². The number of hydrogen-bond donors (Lipinski definition) is 0. The zero-order chi connectivity index (χ0) is 17.8. The summed E-state index contributed by atoms with van der Waals surface area (Å²) in [7, 11) is 2.32. The van der Waals surface area contributed by atoms with Gasteiger partial charge in [-0.2, -0.15) is 0 Å². The Labute approximate surface area is 155 Å². The first-order chi connectivity index (χ1) is 12.6. The van der Waals surface area contributed by atoms with E-state index in [0.29, 0.717) is 18.0 Å². The SMILES string of the molecule is Cc1ccc2c(c1)c1c(n2CC(C)c2cccnc2)CC2CCC1N2C. The van der Waals surface area contributed by atoms with Gasteiger partial charge in [0.05, 0.1) is 0 Å². The van der Waals surface area contributed by atoms with E-state index in [2.05, 4.69) is 59.6 Å². The molecule has 26 heavy (non-hydrogen) atoms. The van der Waals surface area contributed by atoms with Crippen LogP contribution >= 0.6 is 0 Å². The Kier molecular flexibility index (Phi) is 3.68. The quantitative estimate of drug-likeness (QED) is 0.677. The molecule has 0 radical (unpaired) electrons. The van der Waals surface area contributed by atoms with Crippen molar-refractivity contribution in [3.63, 3.8) is 0 Å². The summed E-state index contributed by atoms with van der Waals surface area (Å²) in [6.45, 7) is 5.57. The van der Waals surface area contributed by atoms with E-state index in [9.17, 15) is 0 Å². The van der Waals surface area contributed by atoms with Gasteiger partial charge in [-0.3, -0.25) is 9.88 Å². The van der Waals surface area contributed by atoms with E-state index in [0.717, 1.165) is 6.54 Å². The predicted octanol–water partition coefficient (Wildman–Crippen LogP) is 4.84. The molecule has 0 aliphatic carbocycles. The number of fused-ring (bicyclic) bond motifs is 6. The number of benzene rings is 1. The zero-order valence-electron chi connectivity index (χ0n) is 15.9. The maximum atomic E-state index is 4.32. The first-order valence-corrected chi connectivity index (χ1v) is 9.87. The van der Waals surface area contributed by atoms with Crippen LogP contribution in [0.4, 0.5) is 0 Å². The van der Waals surface area contributed by atoms with Gasteiger partial charge in [-0.25, -0.2) is 0 Å². The minimum absolute atomic E-state index is 0.460. The fraction of sp³-hybridized carbons (Fsp3) is 0.435. The van der Waals surface area contributed by atoms with Crippen LogP contribution in [0.5, 0.6) is 0 Å². The van der Waals surface area contributed by atoms with Gasteiger partial charge in [0.25, 0.3) is 0 Å². The van der Waals surface area contributed by atoms with Crippen LogP contribution in [-0.4, -0.2) is 27.5 Å². The van der Waals surface area contributed by atoms with Crippen LogP contribution in [0.25, 0.3) is 10.9 Å². The van der Waals surface area contributed by atoms with Crippen molar-refractivity contribution in [1.82, 2.24) is 14.5 Å². The van der Waals surface area contributed by atoms with Crippen LogP contribution < -0.4 is 0 Å². The molecule has 1 aromatic carbocycles. The standard InChI is InChI=1S/C23H27N3/c1-15-6-8-20-19(11-15)23-21-9-7-18(25(21)3)12-22(23)26(20)14-16(2)17-5-4-10-24-13-17/h4-6,8,10-11,13,16,18,21H,7,9,12,14H2,1-3H3. The average molecular weight is 345 g/mol. The van der Waals surface area contributed by atoms with Crippen LogP contribution in [0.15, 0.2) is 42.7 Å². The summed E-state index contributed by atoms with van der Waals surface area (Å²) in [6, 6.07) is 12.6. The van der Waals surface area contributed by atoms with Gasteiger partial charge in [0.1, 0.15) is 0 Å². The summed E-state index contributed by atoms with van der Waals surface area (Å²) in [5, 5.41) is 1.48. The van der Waals surface area contributed by atoms with Gasteiger partial charge in [-0.05, 0) is 56.1 Å². The molecule has 0 amide bonds. The molecule has 2 aromatic heterocycles. The number of likely N-dealkylation sites (N-methyl/N-ethyl adjacent to an activating group) is 1. The molecule has 3 nitrogen and oxygen atoms in total. The summed E-state index contributed by atoms with van der Waals surface area (Å²) in [6.07, 6.45) is 7.71. The summed E-state index contributed by atoms with van der Waals surface area (Å²) >= 11 is 0. The van der Waals surface area contributed by atoms with Gasteiger partial charge in [-0.1, -0.05) is 24.6 Å². The van der Waals surface area contributed by atoms with Gasteiger partial charge >= 0.3 is 0 Å². The maximum absolute atomic E-state index is 4.32. The largest absolute Gasteiger partial charge is 0.344 e. The molecule has 0 saturated carbocycles. The van der Waals surface area contributed by atoms with Crippen molar-refractivity contribution in [3.8, 4) is 0 Å². The van der Waals surface area contributed by atoms with E-state index >= 15 is 0 Å². The highest BCUT2D eigenvalue weighted by atomic mass is 15.2. The number of rotatable bonds is 3. The Hall–Kier alpha value is -2.13. The van der Waals surface area contributed by atoms with Crippen molar-refractivity contribution in [1.29, 1.82) is 0 Å². The molecule has 5 rings (SSSR count). The monoisotopic (exact) mass is 345 g/mol. The summed E-state index contributed by atoms with van der Waals surface area (Å²) in [4.78, 5) is 6.95. The van der Waals surface area contributed by atoms with E-state index in [1.54, 1.807) is 11.3 Å². The van der Waals surface area contributed by atoms with Crippen molar-refractivity contribution in [3.05, 3.63) is 65.1 Å². The molecule has 3 aromatic rings. The summed E-state index contributed by atoms with van der Waals surface area (Å²) in [5.74, 6) is 0.460. The molecule has 1 fully saturated rings. The number of aromatic nitrogens is 2. The number of pyridine rings is 1. The smallest absolute Gasteiger partial charge is 0.0486 e. The lowest BCUT2D eigenvalue weighted by Crippen LogP contribution is -2.34. The normalized spacial score (nSPS) is 23.3. The lowest BCUT2D eigenvalue weighted by Gasteiger charge is -2.32. The van der Waals surface area contributed by atoms with Crippen molar-refractivity contribution in [2.24, 2.45) is 0 Å². The third kappa shape index (κ3) is 2.34. The molecule has 3 heteroatoms. The third-order valence-electron chi connectivity index (χ3n) is 6.68. The number of nitrogens with zero attached hydrogens (tertiary/aromatic N) is 3. The van der Waals surface area contributed by atoms with E-state index in [1.807, 2.05) is 18.5 Å². The highest BCUT2D eigenvalue weighted by Crippen LogP contribution is 2.47. The number of aryl methyl sites for hydroxylation is 1.